The predicted molar refractivity (Wildman–Crippen MR) is 71.3 cm³/mol. The van der Waals surface area contributed by atoms with Crippen molar-refractivity contribution in [3.8, 4) is 0 Å². The summed E-state index contributed by atoms with van der Waals surface area (Å²) in [6.45, 7) is 0.737. The number of hydrogen-bond acceptors (Lipinski definition) is 3. The number of benzene rings is 1. The zero-order valence-corrected chi connectivity index (χ0v) is 10.0. The molecule has 0 aliphatic carbocycles. The minimum absolute atomic E-state index is 0.0117. The number of aromatic nitrogens is 1. The van der Waals surface area contributed by atoms with Gasteiger partial charge in [-0.15, -0.1) is 0 Å². The monoisotopic (exact) mass is 241 g/mol. The number of amides is 1. The largest absolute Gasteiger partial charge is 0.320 e. The second-order valence-electron chi connectivity index (χ2n) is 4.61. The molecular formula is C14H15N3O. The first-order valence-electron chi connectivity index (χ1n) is 6.17. The summed E-state index contributed by atoms with van der Waals surface area (Å²) in [6.07, 6.45) is 5.29. The smallest absolute Gasteiger partial charge is 0.243 e. The molecule has 1 aliphatic rings. The van der Waals surface area contributed by atoms with Crippen molar-refractivity contribution in [3.63, 3.8) is 0 Å². The fourth-order valence-corrected chi connectivity index (χ4v) is 2.47. The minimum atomic E-state index is -0.370. The summed E-state index contributed by atoms with van der Waals surface area (Å²) in [5.41, 5.74) is 6.76. The first-order valence-corrected chi connectivity index (χ1v) is 6.17. The van der Waals surface area contributed by atoms with Gasteiger partial charge in [0.1, 0.15) is 0 Å². The van der Waals surface area contributed by atoms with E-state index in [1.165, 1.54) is 0 Å². The molecule has 0 spiro atoms. The Hall–Kier alpha value is -1.94. The van der Waals surface area contributed by atoms with Crippen LogP contribution in [0.25, 0.3) is 10.8 Å². The van der Waals surface area contributed by atoms with Gasteiger partial charge in [-0.05, 0) is 30.4 Å². The summed E-state index contributed by atoms with van der Waals surface area (Å²) in [4.78, 5) is 18.1. The van der Waals surface area contributed by atoms with Gasteiger partial charge >= 0.3 is 0 Å². The van der Waals surface area contributed by atoms with Crippen molar-refractivity contribution in [1.82, 2.24) is 4.98 Å². The third kappa shape index (κ3) is 1.75. The van der Waals surface area contributed by atoms with Gasteiger partial charge in [-0.1, -0.05) is 12.1 Å². The molecule has 1 saturated heterocycles. The van der Waals surface area contributed by atoms with Crippen LogP contribution in [-0.2, 0) is 4.79 Å². The molecule has 1 aromatic heterocycles. The first-order chi connectivity index (χ1) is 8.77. The number of nitrogens with two attached hydrogens (primary N) is 1. The molecule has 0 radical (unpaired) electrons. The van der Waals surface area contributed by atoms with Crippen LogP contribution in [0.5, 0.6) is 0 Å². The molecule has 1 fully saturated rings. The fraction of sp³-hybridized carbons (Fsp3) is 0.286. The standard InChI is InChI=1S/C14H15N3O/c15-12-4-2-8-17(14(12)18)13-5-1-3-10-6-7-16-9-11(10)13/h1,3,5-7,9,12H,2,4,8,15H2. The summed E-state index contributed by atoms with van der Waals surface area (Å²) in [5, 5.41) is 2.09. The highest BCUT2D eigenvalue weighted by Crippen LogP contribution is 2.28. The Morgan fingerprint density at radius 3 is 3.11 bits per heavy atom. The van der Waals surface area contributed by atoms with Gasteiger partial charge in [-0.25, -0.2) is 0 Å². The third-order valence-corrected chi connectivity index (χ3v) is 3.43. The maximum Gasteiger partial charge on any atom is 0.243 e. The summed E-state index contributed by atoms with van der Waals surface area (Å²) >= 11 is 0. The van der Waals surface area contributed by atoms with Crippen LogP contribution in [0.1, 0.15) is 12.8 Å². The lowest BCUT2D eigenvalue weighted by atomic mass is 10.0. The van der Waals surface area contributed by atoms with Crippen LogP contribution in [0.3, 0.4) is 0 Å². The number of carbonyl (C=O) groups excluding carboxylic acids is 1. The Morgan fingerprint density at radius 2 is 2.22 bits per heavy atom. The van der Waals surface area contributed by atoms with Crippen LogP contribution in [0.4, 0.5) is 5.69 Å². The van der Waals surface area contributed by atoms with Gasteiger partial charge in [-0.3, -0.25) is 9.78 Å². The van der Waals surface area contributed by atoms with Crippen molar-refractivity contribution in [3.05, 3.63) is 36.7 Å². The Kier molecular flexibility index (Phi) is 2.72. The van der Waals surface area contributed by atoms with E-state index in [4.69, 9.17) is 5.73 Å². The van der Waals surface area contributed by atoms with Gasteiger partial charge in [-0.2, -0.15) is 0 Å². The Morgan fingerprint density at radius 1 is 1.33 bits per heavy atom. The van der Waals surface area contributed by atoms with E-state index in [9.17, 15) is 4.79 Å². The van der Waals surface area contributed by atoms with Crippen LogP contribution >= 0.6 is 0 Å². The number of rotatable bonds is 1. The number of nitrogens with zero attached hydrogens (tertiary/aromatic N) is 2. The fourth-order valence-electron chi connectivity index (χ4n) is 2.47. The average Bonchev–Trinajstić information content (AvgIpc) is 2.41. The van der Waals surface area contributed by atoms with E-state index in [2.05, 4.69) is 4.98 Å². The first kappa shape index (κ1) is 11.2. The minimum Gasteiger partial charge on any atom is -0.320 e. The molecule has 18 heavy (non-hydrogen) atoms. The molecule has 1 atom stereocenters. The Balaban J connectivity index is 2.11. The van der Waals surface area contributed by atoms with Gasteiger partial charge in [0.05, 0.1) is 11.7 Å². The molecular weight excluding hydrogens is 226 g/mol. The lowest BCUT2D eigenvalue weighted by molar-refractivity contribution is -0.120. The average molecular weight is 241 g/mol. The normalized spacial score (nSPS) is 20.4. The molecule has 2 heterocycles. The molecule has 1 amide bonds. The molecule has 2 aromatic rings. The molecule has 4 heteroatoms. The zero-order chi connectivity index (χ0) is 12.5. The maximum atomic E-state index is 12.1. The molecule has 2 N–H and O–H groups in total. The van der Waals surface area contributed by atoms with E-state index in [-0.39, 0.29) is 11.9 Å². The number of pyridine rings is 1. The highest BCUT2D eigenvalue weighted by atomic mass is 16.2. The highest BCUT2D eigenvalue weighted by Gasteiger charge is 2.27. The van der Waals surface area contributed by atoms with Crippen LogP contribution < -0.4 is 10.6 Å². The Bertz CT molecular complexity index is 591. The number of hydrogen-bond donors (Lipinski definition) is 1. The molecule has 4 nitrogen and oxygen atoms in total. The maximum absolute atomic E-state index is 12.1. The van der Waals surface area contributed by atoms with Gasteiger partial charge in [0.15, 0.2) is 0 Å². The lowest BCUT2D eigenvalue weighted by Gasteiger charge is -2.31. The summed E-state index contributed by atoms with van der Waals surface area (Å²) in [5.74, 6) is 0.0117. The second kappa shape index (κ2) is 4.38. The quantitative estimate of drug-likeness (QED) is 0.826. The molecule has 1 aliphatic heterocycles. The van der Waals surface area contributed by atoms with Crippen LogP contribution in [0.15, 0.2) is 36.7 Å². The van der Waals surface area contributed by atoms with Crippen molar-refractivity contribution >= 4 is 22.4 Å². The van der Waals surface area contributed by atoms with E-state index in [0.29, 0.717) is 0 Å². The van der Waals surface area contributed by atoms with E-state index >= 15 is 0 Å². The van der Waals surface area contributed by atoms with E-state index < -0.39 is 0 Å². The van der Waals surface area contributed by atoms with Crippen LogP contribution in [0, 0.1) is 0 Å². The number of anilines is 1. The van der Waals surface area contributed by atoms with Gasteiger partial charge in [0, 0.05) is 24.3 Å². The molecule has 1 aromatic carbocycles. The second-order valence-corrected chi connectivity index (χ2v) is 4.61. The topological polar surface area (TPSA) is 59.2 Å². The molecule has 1 unspecified atom stereocenters. The zero-order valence-electron chi connectivity index (χ0n) is 10.0. The van der Waals surface area contributed by atoms with Crippen molar-refractivity contribution in [2.75, 3.05) is 11.4 Å². The summed E-state index contributed by atoms with van der Waals surface area (Å²) in [6, 6.07) is 7.53. The van der Waals surface area contributed by atoms with Crippen molar-refractivity contribution in [2.45, 2.75) is 18.9 Å². The predicted octanol–water partition coefficient (Wildman–Crippen LogP) is 1.69. The van der Waals surface area contributed by atoms with Crippen molar-refractivity contribution in [1.29, 1.82) is 0 Å². The van der Waals surface area contributed by atoms with Crippen LogP contribution in [0.2, 0.25) is 0 Å². The SMILES string of the molecule is NC1CCCN(c2cccc3ccncc23)C1=O. The summed E-state index contributed by atoms with van der Waals surface area (Å²) < 4.78 is 0. The van der Waals surface area contributed by atoms with E-state index in [0.717, 1.165) is 35.8 Å². The highest BCUT2D eigenvalue weighted by molar-refractivity contribution is 6.05. The molecule has 92 valence electrons. The number of piperidine rings is 1. The molecule has 0 bridgehead atoms. The van der Waals surface area contributed by atoms with Crippen LogP contribution in [-0.4, -0.2) is 23.5 Å². The number of carbonyl (C=O) groups is 1. The lowest BCUT2D eigenvalue weighted by Crippen LogP contribution is -2.48. The molecule has 0 saturated carbocycles. The number of fused-ring (bicyclic) bond motifs is 1. The summed E-state index contributed by atoms with van der Waals surface area (Å²) in [7, 11) is 0. The van der Waals surface area contributed by atoms with Gasteiger partial charge in [0.25, 0.3) is 0 Å². The van der Waals surface area contributed by atoms with Gasteiger partial charge in [0.2, 0.25) is 5.91 Å². The Labute approximate surface area is 105 Å². The van der Waals surface area contributed by atoms with Gasteiger partial charge < -0.3 is 10.6 Å². The third-order valence-electron chi connectivity index (χ3n) is 3.43. The molecule has 3 rings (SSSR count). The van der Waals surface area contributed by atoms with E-state index in [1.807, 2.05) is 24.3 Å². The van der Waals surface area contributed by atoms with Crippen molar-refractivity contribution in [2.24, 2.45) is 5.73 Å². The van der Waals surface area contributed by atoms with Crippen molar-refractivity contribution < 1.29 is 4.79 Å². The van der Waals surface area contributed by atoms with E-state index in [1.54, 1.807) is 17.3 Å².